The standard InChI is InChI=1S/C19H28N4O2/c1-14(2)11-21-19(20-8-7-17-4-3-9-25-17)22-12-15-10-18(24)23(13-15)16-5-6-16/h3-4,9,15-16H,1,5-8,10-13H2,2H3,(H2,20,21,22). The van der Waals surface area contributed by atoms with Crippen LogP contribution in [-0.2, 0) is 11.2 Å². The Bertz CT molecular complexity index is 619. The van der Waals surface area contributed by atoms with Gasteiger partial charge in [-0.2, -0.15) is 0 Å². The molecule has 1 saturated heterocycles. The van der Waals surface area contributed by atoms with E-state index >= 15 is 0 Å². The van der Waals surface area contributed by atoms with Gasteiger partial charge in [0.1, 0.15) is 5.76 Å². The van der Waals surface area contributed by atoms with Crippen LogP contribution in [0.3, 0.4) is 0 Å². The fourth-order valence-corrected chi connectivity index (χ4v) is 3.07. The molecule has 2 N–H and O–H groups in total. The summed E-state index contributed by atoms with van der Waals surface area (Å²) in [6.07, 6.45) is 5.48. The Morgan fingerprint density at radius 2 is 2.28 bits per heavy atom. The van der Waals surface area contributed by atoms with Crippen molar-refractivity contribution in [2.75, 3.05) is 26.2 Å². The molecule has 1 saturated carbocycles. The highest BCUT2D eigenvalue weighted by molar-refractivity contribution is 5.81. The molecule has 0 aromatic carbocycles. The molecule has 0 spiro atoms. The molecule has 1 amide bonds. The van der Waals surface area contributed by atoms with Gasteiger partial charge in [-0.05, 0) is 31.9 Å². The van der Waals surface area contributed by atoms with E-state index in [1.165, 1.54) is 12.8 Å². The van der Waals surface area contributed by atoms with Crippen molar-refractivity contribution in [3.63, 3.8) is 0 Å². The van der Waals surface area contributed by atoms with Gasteiger partial charge in [-0.25, -0.2) is 4.99 Å². The molecule has 136 valence electrons. The van der Waals surface area contributed by atoms with Gasteiger partial charge in [-0.3, -0.25) is 4.79 Å². The highest BCUT2D eigenvalue weighted by Crippen LogP contribution is 2.32. The zero-order valence-corrected chi connectivity index (χ0v) is 15.0. The van der Waals surface area contributed by atoms with Crippen LogP contribution in [0.1, 0.15) is 31.9 Å². The molecule has 25 heavy (non-hydrogen) atoms. The lowest BCUT2D eigenvalue weighted by Gasteiger charge is -2.17. The molecule has 1 aliphatic heterocycles. The molecule has 1 atom stereocenters. The Hall–Kier alpha value is -2.24. The number of nitrogens with zero attached hydrogens (tertiary/aromatic N) is 2. The number of aliphatic imine (C=N–C) groups is 1. The SMILES string of the molecule is C=C(C)CN=C(NCCc1ccco1)NCC1CC(=O)N(C2CC2)C1. The topological polar surface area (TPSA) is 69.9 Å². The highest BCUT2D eigenvalue weighted by Gasteiger charge is 2.39. The van der Waals surface area contributed by atoms with Crippen LogP contribution in [0.2, 0.25) is 0 Å². The van der Waals surface area contributed by atoms with Gasteiger partial charge in [0, 0.05) is 44.4 Å². The Morgan fingerprint density at radius 3 is 2.96 bits per heavy atom. The molecular weight excluding hydrogens is 316 g/mol. The van der Waals surface area contributed by atoms with Crippen molar-refractivity contribution >= 4 is 11.9 Å². The van der Waals surface area contributed by atoms with E-state index in [0.717, 1.165) is 43.3 Å². The van der Waals surface area contributed by atoms with Crippen molar-refractivity contribution in [2.24, 2.45) is 10.9 Å². The molecule has 0 radical (unpaired) electrons. The molecule has 6 heteroatoms. The third kappa shape index (κ3) is 5.37. The van der Waals surface area contributed by atoms with E-state index in [1.807, 2.05) is 19.1 Å². The van der Waals surface area contributed by atoms with E-state index in [0.29, 0.717) is 30.8 Å². The summed E-state index contributed by atoms with van der Waals surface area (Å²) >= 11 is 0. The maximum Gasteiger partial charge on any atom is 0.223 e. The van der Waals surface area contributed by atoms with Crippen LogP contribution in [0.15, 0.2) is 40.0 Å². The Balaban J connectivity index is 1.46. The van der Waals surface area contributed by atoms with E-state index < -0.39 is 0 Å². The molecule has 2 fully saturated rings. The maximum absolute atomic E-state index is 12.1. The number of likely N-dealkylation sites (tertiary alicyclic amines) is 1. The molecule has 1 aromatic heterocycles. The van der Waals surface area contributed by atoms with Gasteiger partial charge in [-0.1, -0.05) is 12.2 Å². The Labute approximate surface area is 149 Å². The van der Waals surface area contributed by atoms with Crippen LogP contribution in [0.5, 0.6) is 0 Å². The second-order valence-electron chi connectivity index (χ2n) is 7.11. The number of rotatable bonds is 8. The number of nitrogens with one attached hydrogen (secondary N) is 2. The average molecular weight is 344 g/mol. The van der Waals surface area contributed by atoms with E-state index in [2.05, 4.69) is 27.1 Å². The molecule has 2 heterocycles. The number of furan rings is 1. The third-order valence-electron chi connectivity index (χ3n) is 4.54. The van der Waals surface area contributed by atoms with Crippen molar-refractivity contribution < 1.29 is 9.21 Å². The summed E-state index contributed by atoms with van der Waals surface area (Å²) in [7, 11) is 0. The first kappa shape index (κ1) is 17.6. The largest absolute Gasteiger partial charge is 0.469 e. The lowest BCUT2D eigenvalue weighted by molar-refractivity contribution is -0.128. The van der Waals surface area contributed by atoms with Gasteiger partial charge in [0.25, 0.3) is 0 Å². The molecule has 1 unspecified atom stereocenters. The number of hydrogen-bond acceptors (Lipinski definition) is 3. The lowest BCUT2D eigenvalue weighted by atomic mass is 10.1. The predicted octanol–water partition coefficient (Wildman–Crippen LogP) is 1.94. The number of carbonyl (C=O) groups is 1. The molecule has 6 nitrogen and oxygen atoms in total. The normalized spacial score (nSPS) is 20.8. The Morgan fingerprint density at radius 1 is 1.44 bits per heavy atom. The zero-order chi connectivity index (χ0) is 17.6. The first-order valence-electron chi connectivity index (χ1n) is 9.10. The quantitative estimate of drug-likeness (QED) is 0.430. The molecule has 3 rings (SSSR count). The summed E-state index contributed by atoms with van der Waals surface area (Å²) < 4.78 is 5.35. The van der Waals surface area contributed by atoms with E-state index in [-0.39, 0.29) is 0 Å². The summed E-state index contributed by atoms with van der Waals surface area (Å²) in [6.45, 7) is 8.84. The monoisotopic (exact) mass is 344 g/mol. The van der Waals surface area contributed by atoms with Crippen molar-refractivity contribution in [1.29, 1.82) is 0 Å². The summed E-state index contributed by atoms with van der Waals surface area (Å²) in [4.78, 5) is 18.7. The second kappa shape index (κ2) is 8.23. The van der Waals surface area contributed by atoms with Crippen molar-refractivity contribution in [1.82, 2.24) is 15.5 Å². The number of amides is 1. The minimum absolute atomic E-state index is 0.306. The van der Waals surface area contributed by atoms with Gasteiger partial charge in [-0.15, -0.1) is 0 Å². The number of carbonyl (C=O) groups excluding carboxylic acids is 1. The van der Waals surface area contributed by atoms with Crippen LogP contribution in [0.4, 0.5) is 0 Å². The number of hydrogen-bond donors (Lipinski definition) is 2. The van der Waals surface area contributed by atoms with Crippen LogP contribution < -0.4 is 10.6 Å². The molecule has 0 bridgehead atoms. The number of guanidine groups is 1. The van der Waals surface area contributed by atoms with Crippen molar-refractivity contribution in [2.45, 2.75) is 38.6 Å². The molecule has 1 aliphatic carbocycles. The van der Waals surface area contributed by atoms with Gasteiger partial charge < -0.3 is 20.0 Å². The van der Waals surface area contributed by atoms with Crippen LogP contribution in [0.25, 0.3) is 0 Å². The molecule has 1 aromatic rings. The summed E-state index contributed by atoms with van der Waals surface area (Å²) in [5.41, 5.74) is 1.02. The van der Waals surface area contributed by atoms with Crippen molar-refractivity contribution in [3.8, 4) is 0 Å². The van der Waals surface area contributed by atoms with Crippen LogP contribution >= 0.6 is 0 Å². The first-order chi connectivity index (χ1) is 12.1. The fourth-order valence-electron chi connectivity index (χ4n) is 3.07. The average Bonchev–Trinajstić information content (AvgIpc) is 3.15. The van der Waals surface area contributed by atoms with Gasteiger partial charge >= 0.3 is 0 Å². The zero-order valence-electron chi connectivity index (χ0n) is 15.0. The maximum atomic E-state index is 12.1. The fraction of sp³-hybridized carbons (Fsp3) is 0.579. The lowest BCUT2D eigenvalue weighted by Crippen LogP contribution is -2.41. The van der Waals surface area contributed by atoms with Gasteiger partial charge in [0.2, 0.25) is 5.91 Å². The first-order valence-corrected chi connectivity index (χ1v) is 9.10. The van der Waals surface area contributed by atoms with Gasteiger partial charge in [0.15, 0.2) is 5.96 Å². The van der Waals surface area contributed by atoms with Crippen LogP contribution in [0, 0.1) is 5.92 Å². The third-order valence-corrected chi connectivity index (χ3v) is 4.54. The highest BCUT2D eigenvalue weighted by atomic mass is 16.3. The predicted molar refractivity (Wildman–Crippen MR) is 98.4 cm³/mol. The summed E-state index contributed by atoms with van der Waals surface area (Å²) in [5, 5.41) is 6.72. The van der Waals surface area contributed by atoms with E-state index in [9.17, 15) is 4.79 Å². The van der Waals surface area contributed by atoms with E-state index in [1.54, 1.807) is 6.26 Å². The van der Waals surface area contributed by atoms with Gasteiger partial charge in [0.05, 0.1) is 12.8 Å². The smallest absolute Gasteiger partial charge is 0.223 e. The van der Waals surface area contributed by atoms with E-state index in [4.69, 9.17) is 4.42 Å². The molecule has 2 aliphatic rings. The summed E-state index contributed by atoms with van der Waals surface area (Å²) in [6, 6.07) is 4.38. The minimum Gasteiger partial charge on any atom is -0.469 e. The molecular formula is C19H28N4O2. The minimum atomic E-state index is 0.306. The second-order valence-corrected chi connectivity index (χ2v) is 7.11. The van der Waals surface area contributed by atoms with Crippen molar-refractivity contribution in [3.05, 3.63) is 36.3 Å². The Kier molecular flexibility index (Phi) is 5.79. The van der Waals surface area contributed by atoms with Crippen LogP contribution in [-0.4, -0.2) is 49.0 Å². The summed E-state index contributed by atoms with van der Waals surface area (Å²) in [5.74, 6) is 2.38.